The van der Waals surface area contributed by atoms with Crippen molar-refractivity contribution in [3.63, 3.8) is 0 Å². The highest BCUT2D eigenvalue weighted by Gasteiger charge is 2.28. The standard InChI is InChI=1S/C20H19N3O4S/c1-13-18(22-20(27-13)14-5-3-2-4-6-14)19(24)21-15-9-11-17(12-10-15)28(25,26)23-16-7-8-16/h2-6,9-12,16,23H,7-8H2,1H3,(H,21,24). The highest BCUT2D eigenvalue weighted by atomic mass is 32.2. The van der Waals surface area contributed by atoms with Gasteiger partial charge in [0.2, 0.25) is 15.9 Å². The molecular formula is C20H19N3O4S. The third-order valence-electron chi connectivity index (χ3n) is 4.35. The monoisotopic (exact) mass is 397 g/mol. The summed E-state index contributed by atoms with van der Waals surface area (Å²) in [6.07, 6.45) is 1.74. The van der Waals surface area contributed by atoms with Gasteiger partial charge in [0.05, 0.1) is 4.90 Å². The van der Waals surface area contributed by atoms with Crippen molar-refractivity contribution in [1.82, 2.24) is 9.71 Å². The topological polar surface area (TPSA) is 101 Å². The highest BCUT2D eigenvalue weighted by Crippen LogP contribution is 2.24. The fourth-order valence-corrected chi connectivity index (χ4v) is 4.01. The van der Waals surface area contributed by atoms with E-state index in [-0.39, 0.29) is 16.6 Å². The van der Waals surface area contributed by atoms with Crippen LogP contribution in [-0.4, -0.2) is 25.4 Å². The quantitative estimate of drug-likeness (QED) is 0.664. The SMILES string of the molecule is Cc1oc(-c2ccccc2)nc1C(=O)Nc1ccc(S(=O)(=O)NC2CC2)cc1. The summed E-state index contributed by atoms with van der Waals surface area (Å²) in [5.74, 6) is 0.357. The van der Waals surface area contributed by atoms with Crippen LogP contribution >= 0.6 is 0 Å². The van der Waals surface area contributed by atoms with Crippen molar-refractivity contribution in [2.75, 3.05) is 5.32 Å². The van der Waals surface area contributed by atoms with Crippen LogP contribution in [0.4, 0.5) is 5.69 Å². The summed E-state index contributed by atoms with van der Waals surface area (Å²) in [5, 5.41) is 2.72. The van der Waals surface area contributed by atoms with Crippen LogP contribution in [-0.2, 0) is 10.0 Å². The molecule has 0 atom stereocenters. The minimum Gasteiger partial charge on any atom is -0.441 e. The summed E-state index contributed by atoms with van der Waals surface area (Å²) in [7, 11) is -3.52. The molecule has 0 radical (unpaired) electrons. The number of sulfonamides is 1. The lowest BCUT2D eigenvalue weighted by Crippen LogP contribution is -2.25. The van der Waals surface area contributed by atoms with Crippen molar-refractivity contribution in [3.05, 3.63) is 66.1 Å². The first-order valence-corrected chi connectivity index (χ1v) is 10.4. The molecule has 1 amide bonds. The predicted molar refractivity (Wildman–Crippen MR) is 104 cm³/mol. The second-order valence-electron chi connectivity index (χ2n) is 6.66. The summed E-state index contributed by atoms with van der Waals surface area (Å²) in [6, 6.07) is 15.4. The van der Waals surface area contributed by atoms with Gasteiger partial charge in [-0.05, 0) is 56.2 Å². The molecule has 0 saturated heterocycles. The second-order valence-corrected chi connectivity index (χ2v) is 8.38. The summed E-state index contributed by atoms with van der Waals surface area (Å²) >= 11 is 0. The van der Waals surface area contributed by atoms with Crippen LogP contribution in [0.2, 0.25) is 0 Å². The molecule has 1 heterocycles. The van der Waals surface area contributed by atoms with Crippen molar-refractivity contribution < 1.29 is 17.6 Å². The van der Waals surface area contributed by atoms with Crippen molar-refractivity contribution in [2.24, 2.45) is 0 Å². The number of rotatable bonds is 6. The Bertz CT molecular complexity index is 1100. The molecule has 1 aromatic heterocycles. The number of amides is 1. The fraction of sp³-hybridized carbons (Fsp3) is 0.200. The molecule has 4 rings (SSSR count). The molecular weight excluding hydrogens is 378 g/mol. The van der Waals surface area contributed by atoms with Crippen LogP contribution in [0.25, 0.3) is 11.5 Å². The highest BCUT2D eigenvalue weighted by molar-refractivity contribution is 7.89. The smallest absolute Gasteiger partial charge is 0.277 e. The number of carbonyl (C=O) groups is 1. The van der Waals surface area contributed by atoms with E-state index in [0.717, 1.165) is 18.4 Å². The van der Waals surface area contributed by atoms with Gasteiger partial charge in [-0.15, -0.1) is 0 Å². The van der Waals surface area contributed by atoms with Crippen molar-refractivity contribution in [2.45, 2.75) is 30.7 Å². The molecule has 0 unspecified atom stereocenters. The van der Waals surface area contributed by atoms with Gasteiger partial charge in [-0.25, -0.2) is 18.1 Å². The van der Waals surface area contributed by atoms with Crippen molar-refractivity contribution >= 4 is 21.6 Å². The lowest BCUT2D eigenvalue weighted by molar-refractivity contribution is 0.102. The summed E-state index contributed by atoms with van der Waals surface area (Å²) in [5.41, 5.74) is 1.44. The summed E-state index contributed by atoms with van der Waals surface area (Å²) < 4.78 is 32.6. The van der Waals surface area contributed by atoms with E-state index >= 15 is 0 Å². The van der Waals surface area contributed by atoms with Gasteiger partial charge in [-0.3, -0.25) is 4.79 Å². The van der Waals surface area contributed by atoms with E-state index in [1.165, 1.54) is 12.1 Å². The van der Waals surface area contributed by atoms with Crippen molar-refractivity contribution in [3.8, 4) is 11.5 Å². The Balaban J connectivity index is 1.49. The van der Waals surface area contributed by atoms with E-state index in [0.29, 0.717) is 17.3 Å². The van der Waals surface area contributed by atoms with Crippen molar-refractivity contribution in [1.29, 1.82) is 0 Å². The number of oxazole rings is 1. The van der Waals surface area contributed by atoms with Gasteiger partial charge in [-0.2, -0.15) is 0 Å². The van der Waals surface area contributed by atoms with Crippen LogP contribution in [0.1, 0.15) is 29.1 Å². The molecule has 0 bridgehead atoms. The zero-order chi connectivity index (χ0) is 19.7. The number of nitrogens with zero attached hydrogens (tertiary/aromatic N) is 1. The van der Waals surface area contributed by atoms with Gasteiger partial charge >= 0.3 is 0 Å². The first-order chi connectivity index (χ1) is 13.4. The number of aromatic nitrogens is 1. The third-order valence-corrected chi connectivity index (χ3v) is 5.89. The number of anilines is 1. The molecule has 7 nitrogen and oxygen atoms in total. The number of hydrogen-bond donors (Lipinski definition) is 2. The summed E-state index contributed by atoms with van der Waals surface area (Å²) in [4.78, 5) is 17.0. The Morgan fingerprint density at radius 2 is 1.75 bits per heavy atom. The minimum absolute atomic E-state index is 0.0401. The zero-order valence-electron chi connectivity index (χ0n) is 15.2. The van der Waals surface area contributed by atoms with Gasteiger partial charge in [0.15, 0.2) is 5.69 Å². The summed E-state index contributed by atoms with van der Waals surface area (Å²) in [6.45, 7) is 1.67. The van der Waals surface area contributed by atoms with E-state index in [9.17, 15) is 13.2 Å². The van der Waals surface area contributed by atoms with Crippen LogP contribution < -0.4 is 10.0 Å². The molecule has 28 heavy (non-hydrogen) atoms. The van der Waals surface area contributed by atoms with Crippen LogP contribution in [0.3, 0.4) is 0 Å². The van der Waals surface area contributed by atoms with E-state index in [1.54, 1.807) is 19.1 Å². The fourth-order valence-electron chi connectivity index (χ4n) is 2.71. The second kappa shape index (κ2) is 7.21. The zero-order valence-corrected chi connectivity index (χ0v) is 16.0. The number of hydrogen-bond acceptors (Lipinski definition) is 5. The molecule has 2 aromatic carbocycles. The average Bonchev–Trinajstić information content (AvgIpc) is 3.40. The Kier molecular flexibility index (Phi) is 4.74. The number of benzene rings is 2. The number of nitrogens with one attached hydrogen (secondary N) is 2. The van der Waals surface area contributed by atoms with Gasteiger partial charge in [-0.1, -0.05) is 18.2 Å². The van der Waals surface area contributed by atoms with E-state index in [2.05, 4.69) is 15.0 Å². The first kappa shape index (κ1) is 18.4. The largest absolute Gasteiger partial charge is 0.441 e. The van der Waals surface area contributed by atoms with E-state index < -0.39 is 15.9 Å². The van der Waals surface area contributed by atoms with Gasteiger partial charge in [0.1, 0.15) is 5.76 Å². The molecule has 0 spiro atoms. The van der Waals surface area contributed by atoms with Gasteiger partial charge in [0, 0.05) is 17.3 Å². The lowest BCUT2D eigenvalue weighted by atomic mass is 10.2. The molecule has 8 heteroatoms. The predicted octanol–water partition coefficient (Wildman–Crippen LogP) is 3.34. The maximum absolute atomic E-state index is 12.6. The molecule has 2 N–H and O–H groups in total. The van der Waals surface area contributed by atoms with E-state index in [4.69, 9.17) is 4.42 Å². The molecule has 1 fully saturated rings. The molecule has 1 saturated carbocycles. The maximum atomic E-state index is 12.6. The Morgan fingerprint density at radius 1 is 1.07 bits per heavy atom. The molecule has 144 valence electrons. The van der Waals surface area contributed by atoms with Gasteiger partial charge in [0.25, 0.3) is 5.91 Å². The molecule has 1 aliphatic carbocycles. The normalized spacial score (nSPS) is 14.0. The number of carbonyl (C=O) groups excluding carboxylic acids is 1. The van der Waals surface area contributed by atoms with Crippen LogP contribution in [0, 0.1) is 6.92 Å². The van der Waals surface area contributed by atoms with Crippen LogP contribution in [0.5, 0.6) is 0 Å². The molecule has 3 aromatic rings. The minimum atomic E-state index is -3.52. The maximum Gasteiger partial charge on any atom is 0.277 e. The molecule has 1 aliphatic rings. The Morgan fingerprint density at radius 3 is 2.39 bits per heavy atom. The lowest BCUT2D eigenvalue weighted by Gasteiger charge is -2.07. The van der Waals surface area contributed by atoms with Gasteiger partial charge < -0.3 is 9.73 Å². The number of aryl methyl sites for hydroxylation is 1. The first-order valence-electron chi connectivity index (χ1n) is 8.89. The molecule has 0 aliphatic heterocycles. The Hall–Kier alpha value is -2.97. The Labute approximate surface area is 162 Å². The van der Waals surface area contributed by atoms with E-state index in [1.807, 2.05) is 30.3 Å². The average molecular weight is 397 g/mol. The third kappa shape index (κ3) is 3.97. The van der Waals surface area contributed by atoms with Crippen LogP contribution in [0.15, 0.2) is 63.9 Å².